The van der Waals surface area contributed by atoms with Gasteiger partial charge in [0.25, 0.3) is 0 Å². The van der Waals surface area contributed by atoms with Crippen molar-refractivity contribution in [2.24, 2.45) is 0 Å². The summed E-state index contributed by atoms with van der Waals surface area (Å²) in [7, 11) is 0. The van der Waals surface area contributed by atoms with Crippen LogP contribution in [0.25, 0.3) is 11.4 Å². The molecule has 1 fully saturated rings. The van der Waals surface area contributed by atoms with Gasteiger partial charge in [-0.05, 0) is 60.6 Å². The lowest BCUT2D eigenvalue weighted by Crippen LogP contribution is -2.28. The molecular formula is C24H25N5S2. The Kier molecular flexibility index (Phi) is 6.06. The molecule has 158 valence electrons. The summed E-state index contributed by atoms with van der Waals surface area (Å²) < 4.78 is 5.03. The predicted octanol–water partition coefficient (Wildman–Crippen LogP) is 5.57. The summed E-state index contributed by atoms with van der Waals surface area (Å²) in [6, 6.07) is 19.5. The van der Waals surface area contributed by atoms with Gasteiger partial charge in [-0.1, -0.05) is 36.4 Å². The van der Waals surface area contributed by atoms with Crippen molar-refractivity contribution in [2.45, 2.75) is 38.5 Å². The number of thiophene rings is 1. The van der Waals surface area contributed by atoms with Crippen LogP contribution in [0.4, 0.5) is 0 Å². The Labute approximate surface area is 191 Å². The number of aromatic nitrogens is 4. The minimum Gasteiger partial charge on any atom is -0.297 e. The van der Waals surface area contributed by atoms with Gasteiger partial charge in [-0.3, -0.25) is 14.5 Å². The molecule has 0 spiro atoms. The summed E-state index contributed by atoms with van der Waals surface area (Å²) in [6.45, 7) is 2.52. The Bertz CT molecular complexity index is 1160. The first-order valence-corrected chi connectivity index (χ1v) is 11.9. The minimum absolute atomic E-state index is 0.464. The van der Waals surface area contributed by atoms with E-state index in [1.54, 1.807) is 17.5 Å². The minimum atomic E-state index is 0.464. The van der Waals surface area contributed by atoms with Crippen LogP contribution >= 0.6 is 23.6 Å². The third-order valence-electron chi connectivity index (χ3n) is 5.56. The molecule has 0 amide bonds. The molecule has 31 heavy (non-hydrogen) atoms. The van der Waals surface area contributed by atoms with E-state index < -0.39 is 0 Å². The fraction of sp³-hybridized carbons (Fsp3) is 0.292. The van der Waals surface area contributed by atoms with Crippen LogP contribution in [0.5, 0.6) is 0 Å². The maximum Gasteiger partial charge on any atom is 0.199 e. The monoisotopic (exact) mass is 447 g/mol. The van der Waals surface area contributed by atoms with Crippen molar-refractivity contribution in [2.75, 3.05) is 6.54 Å². The molecule has 0 saturated heterocycles. The molecule has 0 radical (unpaired) electrons. The molecule has 7 heteroatoms. The van der Waals surface area contributed by atoms with Crippen molar-refractivity contribution in [3.05, 3.63) is 87.6 Å². The smallest absolute Gasteiger partial charge is 0.199 e. The van der Waals surface area contributed by atoms with E-state index in [-0.39, 0.29) is 0 Å². The summed E-state index contributed by atoms with van der Waals surface area (Å²) in [4.78, 5) is 8.08. The fourth-order valence-electron chi connectivity index (χ4n) is 3.81. The molecule has 1 aliphatic carbocycles. The van der Waals surface area contributed by atoms with Crippen molar-refractivity contribution in [1.82, 2.24) is 24.2 Å². The van der Waals surface area contributed by atoms with E-state index in [9.17, 15) is 0 Å². The summed E-state index contributed by atoms with van der Waals surface area (Å²) in [6.07, 6.45) is 7.00. The first kappa shape index (κ1) is 20.3. The van der Waals surface area contributed by atoms with Gasteiger partial charge in [0.05, 0.1) is 6.67 Å². The fourth-order valence-corrected chi connectivity index (χ4v) is 4.89. The second-order valence-electron chi connectivity index (χ2n) is 7.96. The topological polar surface area (TPSA) is 38.9 Å². The van der Waals surface area contributed by atoms with Crippen molar-refractivity contribution in [3.8, 4) is 11.4 Å². The average Bonchev–Trinajstić information content (AvgIpc) is 3.41. The lowest BCUT2D eigenvalue weighted by atomic mass is 10.1. The molecule has 5 rings (SSSR count). The van der Waals surface area contributed by atoms with Gasteiger partial charge in [0.1, 0.15) is 0 Å². The van der Waals surface area contributed by atoms with Crippen LogP contribution in [0.15, 0.2) is 72.4 Å². The lowest BCUT2D eigenvalue weighted by molar-refractivity contribution is 0.200. The van der Waals surface area contributed by atoms with Crippen molar-refractivity contribution >= 4 is 23.6 Å². The van der Waals surface area contributed by atoms with Gasteiger partial charge in [-0.25, -0.2) is 4.68 Å². The molecule has 1 aromatic carbocycles. The normalized spacial score (nSPS) is 13.7. The van der Waals surface area contributed by atoms with Crippen LogP contribution in [0, 0.1) is 4.77 Å². The second-order valence-corrected chi connectivity index (χ2v) is 9.35. The number of hydrogen-bond donors (Lipinski definition) is 0. The molecule has 1 saturated carbocycles. The molecule has 0 unspecified atom stereocenters. The zero-order valence-electron chi connectivity index (χ0n) is 17.3. The quantitative estimate of drug-likeness (QED) is 0.314. The third-order valence-corrected chi connectivity index (χ3v) is 6.82. The predicted molar refractivity (Wildman–Crippen MR) is 127 cm³/mol. The molecule has 5 nitrogen and oxygen atoms in total. The summed E-state index contributed by atoms with van der Waals surface area (Å²) >= 11 is 7.69. The first-order chi connectivity index (χ1) is 15.3. The Morgan fingerprint density at radius 3 is 2.65 bits per heavy atom. The molecule has 0 atom stereocenters. The molecular weight excluding hydrogens is 422 g/mol. The molecule has 0 N–H and O–H groups in total. The van der Waals surface area contributed by atoms with Crippen LogP contribution in [0.2, 0.25) is 0 Å². The SMILES string of the molecule is S=c1n(CN(CCc2ccccc2)Cc2cccs2)nc(-c2cccnc2)n1C1CC1. The van der Waals surface area contributed by atoms with E-state index in [0.717, 1.165) is 35.7 Å². The first-order valence-electron chi connectivity index (χ1n) is 10.7. The molecule has 0 bridgehead atoms. The molecule has 3 heterocycles. The van der Waals surface area contributed by atoms with E-state index in [2.05, 4.69) is 68.4 Å². The number of benzene rings is 1. The Morgan fingerprint density at radius 1 is 1.06 bits per heavy atom. The Balaban J connectivity index is 1.42. The highest BCUT2D eigenvalue weighted by Crippen LogP contribution is 2.38. The van der Waals surface area contributed by atoms with Crippen LogP contribution in [0.3, 0.4) is 0 Å². The molecule has 0 aliphatic heterocycles. The highest BCUT2D eigenvalue weighted by molar-refractivity contribution is 7.71. The highest BCUT2D eigenvalue weighted by Gasteiger charge is 2.29. The van der Waals surface area contributed by atoms with Gasteiger partial charge in [-0.15, -0.1) is 11.3 Å². The van der Waals surface area contributed by atoms with Crippen molar-refractivity contribution in [1.29, 1.82) is 0 Å². The zero-order valence-corrected chi connectivity index (χ0v) is 18.9. The van der Waals surface area contributed by atoms with Crippen molar-refractivity contribution in [3.63, 3.8) is 0 Å². The summed E-state index contributed by atoms with van der Waals surface area (Å²) in [5.74, 6) is 0.930. The largest absolute Gasteiger partial charge is 0.297 e. The summed E-state index contributed by atoms with van der Waals surface area (Å²) in [5.41, 5.74) is 2.37. The van der Waals surface area contributed by atoms with Gasteiger partial charge in [0.15, 0.2) is 10.6 Å². The van der Waals surface area contributed by atoms with Crippen molar-refractivity contribution < 1.29 is 0 Å². The number of hydrogen-bond acceptors (Lipinski definition) is 5. The maximum atomic E-state index is 5.89. The number of nitrogens with zero attached hydrogens (tertiary/aromatic N) is 5. The van der Waals surface area contributed by atoms with Gasteiger partial charge >= 0.3 is 0 Å². The van der Waals surface area contributed by atoms with E-state index in [0.29, 0.717) is 12.7 Å². The van der Waals surface area contributed by atoms with Crippen LogP contribution in [-0.4, -0.2) is 30.8 Å². The van der Waals surface area contributed by atoms with E-state index >= 15 is 0 Å². The standard InChI is InChI=1S/C24H25N5S2/c30-24-28(26-23(29(24)21-10-11-21)20-8-4-13-25-16-20)18-27(17-22-9-5-15-31-22)14-12-19-6-2-1-3-7-19/h1-9,13,15-16,21H,10-12,14,17-18H2. The number of rotatable bonds is 9. The zero-order chi connectivity index (χ0) is 21.0. The van der Waals surface area contributed by atoms with Gasteiger partial charge in [0, 0.05) is 42.0 Å². The van der Waals surface area contributed by atoms with Gasteiger partial charge in [-0.2, -0.15) is 5.10 Å². The third kappa shape index (κ3) is 4.84. The highest BCUT2D eigenvalue weighted by atomic mass is 32.1. The van der Waals surface area contributed by atoms with Crippen LogP contribution < -0.4 is 0 Å². The van der Waals surface area contributed by atoms with E-state index in [1.807, 2.05) is 16.9 Å². The Hall–Kier alpha value is -2.61. The molecule has 3 aromatic heterocycles. The Morgan fingerprint density at radius 2 is 1.94 bits per heavy atom. The summed E-state index contributed by atoms with van der Waals surface area (Å²) in [5, 5.41) is 7.10. The average molecular weight is 448 g/mol. The molecule has 1 aliphatic rings. The lowest BCUT2D eigenvalue weighted by Gasteiger charge is -2.21. The van der Waals surface area contributed by atoms with E-state index in [1.165, 1.54) is 23.3 Å². The second kappa shape index (κ2) is 9.26. The van der Waals surface area contributed by atoms with Crippen LogP contribution in [0.1, 0.15) is 29.3 Å². The van der Waals surface area contributed by atoms with Gasteiger partial charge in [0.2, 0.25) is 0 Å². The molecule has 4 aromatic rings. The van der Waals surface area contributed by atoms with Gasteiger partial charge < -0.3 is 0 Å². The number of pyridine rings is 1. The van der Waals surface area contributed by atoms with Crippen LogP contribution in [-0.2, 0) is 19.6 Å². The van der Waals surface area contributed by atoms with E-state index in [4.69, 9.17) is 17.3 Å². The maximum absolute atomic E-state index is 5.89.